The predicted molar refractivity (Wildman–Crippen MR) is 89.9 cm³/mol. The molecule has 1 aromatic rings. The number of rotatable bonds is 3. The second-order valence-corrected chi connectivity index (χ2v) is 8.01. The van der Waals surface area contributed by atoms with Crippen LogP contribution in [0.4, 0.5) is 4.79 Å². The van der Waals surface area contributed by atoms with Gasteiger partial charge in [0.2, 0.25) is 12.3 Å². The maximum Gasteiger partial charge on any atom is 0.411 e. The summed E-state index contributed by atoms with van der Waals surface area (Å²) in [6.07, 6.45) is 1.08. The molecule has 3 rings (SSSR count). The number of hydrogen-bond acceptors (Lipinski definition) is 7. The van der Waals surface area contributed by atoms with Gasteiger partial charge in [-0.15, -0.1) is 10.2 Å². The predicted octanol–water partition coefficient (Wildman–Crippen LogP) is 1.49. The molecule has 1 N–H and O–H groups in total. The van der Waals surface area contributed by atoms with Crippen LogP contribution in [0.3, 0.4) is 0 Å². The van der Waals surface area contributed by atoms with Crippen molar-refractivity contribution in [3.63, 3.8) is 0 Å². The fourth-order valence-electron chi connectivity index (χ4n) is 4.05. The van der Waals surface area contributed by atoms with Crippen molar-refractivity contribution < 1.29 is 23.8 Å². The molecule has 26 heavy (non-hydrogen) atoms. The van der Waals surface area contributed by atoms with Gasteiger partial charge in [0.25, 0.3) is 5.91 Å². The van der Waals surface area contributed by atoms with Crippen molar-refractivity contribution in [2.45, 2.75) is 76.8 Å². The van der Waals surface area contributed by atoms with E-state index in [-0.39, 0.29) is 17.8 Å². The number of likely N-dealkylation sites (tertiary alicyclic amines) is 2. The van der Waals surface area contributed by atoms with E-state index in [1.165, 1.54) is 9.80 Å². The SMILES string of the molecule is CC(O)C(c1nnco1)N1C(=O)C2(CCCN2C(=O)OC(C)(C)C)[C@H]1C. The number of aliphatic hydroxyl groups excluding tert-OH is 1. The van der Waals surface area contributed by atoms with Gasteiger partial charge in [-0.2, -0.15) is 0 Å². The van der Waals surface area contributed by atoms with E-state index in [0.717, 1.165) is 12.8 Å². The number of carbonyl (C=O) groups is 2. The average molecular weight is 366 g/mol. The van der Waals surface area contributed by atoms with Crippen LogP contribution in [0, 0.1) is 0 Å². The summed E-state index contributed by atoms with van der Waals surface area (Å²) in [5, 5.41) is 17.7. The Balaban J connectivity index is 1.86. The lowest BCUT2D eigenvalue weighted by Gasteiger charge is -2.58. The first kappa shape index (κ1) is 18.6. The van der Waals surface area contributed by atoms with Crippen molar-refractivity contribution in [3.05, 3.63) is 12.3 Å². The smallest absolute Gasteiger partial charge is 0.411 e. The van der Waals surface area contributed by atoms with Crippen LogP contribution in [0.15, 0.2) is 10.8 Å². The lowest BCUT2D eigenvalue weighted by atomic mass is 9.75. The number of carbonyl (C=O) groups excluding carboxylic acids is 2. The second kappa shape index (κ2) is 6.22. The van der Waals surface area contributed by atoms with Gasteiger partial charge in [-0.25, -0.2) is 4.79 Å². The van der Waals surface area contributed by atoms with Gasteiger partial charge < -0.3 is 19.2 Å². The zero-order valence-corrected chi connectivity index (χ0v) is 15.8. The van der Waals surface area contributed by atoms with E-state index in [1.807, 2.05) is 6.92 Å². The van der Waals surface area contributed by atoms with Gasteiger partial charge in [0.05, 0.1) is 12.1 Å². The molecule has 0 bridgehead atoms. The molecule has 2 amide bonds. The first-order chi connectivity index (χ1) is 12.1. The van der Waals surface area contributed by atoms with E-state index in [1.54, 1.807) is 27.7 Å². The lowest BCUT2D eigenvalue weighted by molar-refractivity contribution is -0.182. The van der Waals surface area contributed by atoms with Gasteiger partial charge >= 0.3 is 6.09 Å². The molecule has 2 saturated heterocycles. The molecule has 144 valence electrons. The van der Waals surface area contributed by atoms with E-state index in [2.05, 4.69) is 10.2 Å². The third-order valence-corrected chi connectivity index (χ3v) is 5.13. The van der Waals surface area contributed by atoms with Gasteiger partial charge in [0.1, 0.15) is 17.2 Å². The van der Waals surface area contributed by atoms with Crippen LogP contribution in [-0.4, -0.2) is 66.9 Å². The lowest BCUT2D eigenvalue weighted by Crippen LogP contribution is -2.79. The highest BCUT2D eigenvalue weighted by Gasteiger charge is 2.67. The molecular weight excluding hydrogens is 340 g/mol. The van der Waals surface area contributed by atoms with Gasteiger partial charge in [0, 0.05) is 6.54 Å². The Morgan fingerprint density at radius 1 is 1.50 bits per heavy atom. The Hall–Kier alpha value is -2.16. The van der Waals surface area contributed by atoms with Crippen LogP contribution in [0.1, 0.15) is 59.4 Å². The van der Waals surface area contributed by atoms with Crippen molar-refractivity contribution >= 4 is 12.0 Å². The first-order valence-electron chi connectivity index (χ1n) is 8.87. The summed E-state index contributed by atoms with van der Waals surface area (Å²) in [6, 6.07) is -1.05. The van der Waals surface area contributed by atoms with E-state index in [4.69, 9.17) is 9.15 Å². The van der Waals surface area contributed by atoms with Gasteiger partial charge in [-0.1, -0.05) is 0 Å². The number of aliphatic hydroxyl groups is 1. The monoisotopic (exact) mass is 366 g/mol. The molecule has 3 heterocycles. The molecule has 4 atom stereocenters. The maximum atomic E-state index is 13.2. The highest BCUT2D eigenvalue weighted by molar-refractivity contribution is 5.97. The Morgan fingerprint density at radius 3 is 2.69 bits per heavy atom. The number of β-lactam (4-membered cyclic amide) rings is 1. The summed E-state index contributed by atoms with van der Waals surface area (Å²) in [4.78, 5) is 28.9. The van der Waals surface area contributed by atoms with Crippen LogP contribution in [0.25, 0.3) is 0 Å². The third kappa shape index (κ3) is 2.74. The van der Waals surface area contributed by atoms with Crippen LogP contribution >= 0.6 is 0 Å². The quantitative estimate of drug-likeness (QED) is 0.807. The second-order valence-electron chi connectivity index (χ2n) is 8.01. The Bertz CT molecular complexity index is 684. The fourth-order valence-corrected chi connectivity index (χ4v) is 4.05. The summed E-state index contributed by atoms with van der Waals surface area (Å²) >= 11 is 0. The zero-order chi connectivity index (χ0) is 19.3. The van der Waals surface area contributed by atoms with Crippen molar-refractivity contribution in [3.8, 4) is 0 Å². The number of ether oxygens (including phenoxy) is 1. The molecule has 0 saturated carbocycles. The highest BCUT2D eigenvalue weighted by Crippen LogP contribution is 2.48. The van der Waals surface area contributed by atoms with Crippen LogP contribution in [-0.2, 0) is 9.53 Å². The third-order valence-electron chi connectivity index (χ3n) is 5.13. The molecule has 0 aliphatic carbocycles. The fraction of sp³-hybridized carbons (Fsp3) is 0.765. The van der Waals surface area contributed by atoms with Crippen molar-refractivity contribution in [2.75, 3.05) is 6.54 Å². The van der Waals surface area contributed by atoms with Crippen LogP contribution < -0.4 is 0 Å². The summed E-state index contributed by atoms with van der Waals surface area (Å²) in [7, 11) is 0. The minimum atomic E-state index is -0.935. The normalized spacial score (nSPS) is 28.2. The van der Waals surface area contributed by atoms with Crippen molar-refractivity contribution in [1.29, 1.82) is 0 Å². The molecule has 0 aromatic carbocycles. The number of amides is 2. The van der Waals surface area contributed by atoms with E-state index in [0.29, 0.717) is 13.0 Å². The minimum Gasteiger partial charge on any atom is -0.444 e. The molecule has 1 spiro atoms. The standard InChI is InChI=1S/C17H26N4O5/c1-10(22)12(13-19-18-9-25-13)21-11(2)17(14(21)23)7-6-8-20(17)15(24)26-16(3,4)5/h9-12,22H,6-8H2,1-5H3/t10?,11-,12?,17?/m1/s1. The van der Waals surface area contributed by atoms with Crippen LogP contribution in [0.5, 0.6) is 0 Å². The summed E-state index contributed by atoms with van der Waals surface area (Å²) in [5.74, 6) is -0.0469. The van der Waals surface area contributed by atoms with Crippen molar-refractivity contribution in [2.24, 2.45) is 0 Å². The Labute approximate surface area is 152 Å². The van der Waals surface area contributed by atoms with E-state index >= 15 is 0 Å². The number of aromatic nitrogens is 2. The molecule has 2 aliphatic heterocycles. The molecule has 9 heteroatoms. The average Bonchev–Trinajstić information content (AvgIpc) is 3.20. The highest BCUT2D eigenvalue weighted by atomic mass is 16.6. The molecule has 2 aliphatic rings. The molecule has 1 aromatic heterocycles. The maximum absolute atomic E-state index is 13.2. The summed E-state index contributed by atoms with van der Waals surface area (Å²) < 4.78 is 10.7. The summed E-state index contributed by atoms with van der Waals surface area (Å²) in [6.45, 7) is 9.30. The van der Waals surface area contributed by atoms with Crippen molar-refractivity contribution in [1.82, 2.24) is 20.0 Å². The van der Waals surface area contributed by atoms with Gasteiger partial charge in [-0.05, 0) is 47.5 Å². The van der Waals surface area contributed by atoms with E-state index in [9.17, 15) is 14.7 Å². The van der Waals surface area contributed by atoms with Gasteiger partial charge in [0.15, 0.2) is 0 Å². The largest absolute Gasteiger partial charge is 0.444 e. The zero-order valence-electron chi connectivity index (χ0n) is 15.8. The molecule has 2 fully saturated rings. The van der Waals surface area contributed by atoms with E-state index < -0.39 is 29.4 Å². The molecular formula is C17H26N4O5. The first-order valence-corrected chi connectivity index (χ1v) is 8.87. The topological polar surface area (TPSA) is 109 Å². The van der Waals surface area contributed by atoms with Crippen LogP contribution in [0.2, 0.25) is 0 Å². The Morgan fingerprint density at radius 2 is 2.19 bits per heavy atom. The number of hydrogen-bond donors (Lipinski definition) is 1. The number of nitrogens with zero attached hydrogens (tertiary/aromatic N) is 4. The Kier molecular flexibility index (Phi) is 4.46. The minimum absolute atomic E-state index is 0.178. The van der Waals surface area contributed by atoms with Gasteiger partial charge in [-0.3, -0.25) is 9.69 Å². The molecule has 9 nitrogen and oxygen atoms in total. The molecule has 0 radical (unpaired) electrons. The summed E-state index contributed by atoms with van der Waals surface area (Å²) in [5.41, 5.74) is -1.57. The molecule has 3 unspecified atom stereocenters.